The first-order valence-electron chi connectivity index (χ1n) is 7.81. The lowest BCUT2D eigenvalue weighted by Gasteiger charge is -2.28. The highest BCUT2D eigenvalue weighted by molar-refractivity contribution is 5.06. The van der Waals surface area contributed by atoms with Gasteiger partial charge in [-0.2, -0.15) is 0 Å². The predicted molar refractivity (Wildman–Crippen MR) is 78.8 cm³/mol. The van der Waals surface area contributed by atoms with Crippen molar-refractivity contribution >= 4 is 0 Å². The number of hydrogen-bond donors (Lipinski definition) is 1. The normalized spacial score (nSPS) is 33.7. The van der Waals surface area contributed by atoms with Crippen LogP contribution in [0.25, 0.3) is 0 Å². The molecule has 3 atom stereocenters. The Hall–Kier alpha value is -0.340. The van der Waals surface area contributed by atoms with E-state index in [1.54, 1.807) is 5.57 Å². The first-order valence-corrected chi connectivity index (χ1v) is 7.81. The first kappa shape index (κ1) is 14.1. The summed E-state index contributed by atoms with van der Waals surface area (Å²) in [6.07, 6.45) is 7.90. The predicted octanol–water partition coefficient (Wildman–Crippen LogP) is 3.05. The summed E-state index contributed by atoms with van der Waals surface area (Å²) >= 11 is 0. The summed E-state index contributed by atoms with van der Waals surface area (Å²) < 4.78 is 0. The molecule has 2 heteroatoms. The molecular weight excluding hydrogens is 220 g/mol. The summed E-state index contributed by atoms with van der Waals surface area (Å²) in [5, 5.41) is 3.73. The summed E-state index contributed by atoms with van der Waals surface area (Å²) in [4.78, 5) is 2.63. The molecule has 3 unspecified atom stereocenters. The molecule has 1 heterocycles. The molecule has 0 aromatic heterocycles. The van der Waals surface area contributed by atoms with Crippen molar-refractivity contribution in [2.75, 3.05) is 26.2 Å². The lowest BCUT2D eigenvalue weighted by Crippen LogP contribution is -2.39. The van der Waals surface area contributed by atoms with E-state index in [1.165, 1.54) is 51.9 Å². The molecule has 2 aliphatic rings. The van der Waals surface area contributed by atoms with Gasteiger partial charge < -0.3 is 5.32 Å². The minimum absolute atomic E-state index is 0.782. The molecule has 0 aromatic rings. The van der Waals surface area contributed by atoms with Crippen LogP contribution in [0.2, 0.25) is 0 Å². The Morgan fingerprint density at radius 2 is 2.22 bits per heavy atom. The highest BCUT2D eigenvalue weighted by Gasteiger charge is 2.23. The molecule has 1 aliphatic carbocycles. The quantitative estimate of drug-likeness (QED) is 0.755. The Bertz CT molecular complexity index is 285. The number of hydrogen-bond acceptors (Lipinski definition) is 2. The maximum atomic E-state index is 3.73. The van der Waals surface area contributed by atoms with Crippen LogP contribution < -0.4 is 5.32 Å². The lowest BCUT2D eigenvalue weighted by atomic mass is 9.84. The SMILES string of the molecule is CCN1CCCC1CNCC1CC(C)=CC(C)C1. The van der Waals surface area contributed by atoms with Crippen molar-refractivity contribution in [1.29, 1.82) is 0 Å². The molecule has 0 saturated carbocycles. The van der Waals surface area contributed by atoms with E-state index >= 15 is 0 Å². The van der Waals surface area contributed by atoms with Crippen LogP contribution in [-0.4, -0.2) is 37.1 Å². The van der Waals surface area contributed by atoms with Crippen LogP contribution >= 0.6 is 0 Å². The maximum absolute atomic E-state index is 3.73. The smallest absolute Gasteiger partial charge is 0.0220 e. The Labute approximate surface area is 113 Å². The van der Waals surface area contributed by atoms with Crippen LogP contribution in [0, 0.1) is 11.8 Å². The first-order chi connectivity index (χ1) is 8.69. The van der Waals surface area contributed by atoms with Crippen LogP contribution in [0.1, 0.15) is 46.5 Å². The zero-order chi connectivity index (χ0) is 13.0. The van der Waals surface area contributed by atoms with Crippen molar-refractivity contribution in [2.45, 2.75) is 52.5 Å². The van der Waals surface area contributed by atoms with Crippen LogP contribution in [0.4, 0.5) is 0 Å². The number of nitrogens with one attached hydrogen (secondary N) is 1. The van der Waals surface area contributed by atoms with Gasteiger partial charge in [0.1, 0.15) is 0 Å². The average Bonchev–Trinajstić information content (AvgIpc) is 2.75. The van der Waals surface area contributed by atoms with Crippen molar-refractivity contribution in [3.63, 3.8) is 0 Å². The van der Waals surface area contributed by atoms with E-state index < -0.39 is 0 Å². The Morgan fingerprint density at radius 1 is 1.39 bits per heavy atom. The highest BCUT2D eigenvalue weighted by Crippen LogP contribution is 2.27. The Balaban J connectivity index is 1.68. The minimum atomic E-state index is 0.782. The van der Waals surface area contributed by atoms with Crippen molar-refractivity contribution in [1.82, 2.24) is 10.2 Å². The van der Waals surface area contributed by atoms with Crippen LogP contribution in [0.15, 0.2) is 11.6 Å². The van der Waals surface area contributed by atoms with Crippen LogP contribution in [-0.2, 0) is 0 Å². The lowest BCUT2D eigenvalue weighted by molar-refractivity contribution is 0.254. The molecule has 18 heavy (non-hydrogen) atoms. The van der Waals surface area contributed by atoms with Gasteiger partial charge in [-0.15, -0.1) is 0 Å². The molecule has 0 bridgehead atoms. The summed E-state index contributed by atoms with van der Waals surface area (Å²) in [7, 11) is 0. The number of likely N-dealkylation sites (tertiary alicyclic amines) is 1. The fraction of sp³-hybridized carbons (Fsp3) is 0.875. The third kappa shape index (κ3) is 3.83. The van der Waals surface area contributed by atoms with Gasteiger partial charge in [0, 0.05) is 12.6 Å². The molecule has 0 aromatic carbocycles. The monoisotopic (exact) mass is 250 g/mol. The highest BCUT2D eigenvalue weighted by atomic mass is 15.2. The molecule has 0 amide bonds. The summed E-state index contributed by atoms with van der Waals surface area (Å²) in [6, 6.07) is 0.799. The molecule has 2 rings (SSSR count). The van der Waals surface area contributed by atoms with E-state index in [2.05, 4.69) is 37.1 Å². The second-order valence-corrected chi connectivity index (χ2v) is 6.38. The second-order valence-electron chi connectivity index (χ2n) is 6.38. The largest absolute Gasteiger partial charge is 0.315 e. The van der Waals surface area contributed by atoms with E-state index in [-0.39, 0.29) is 0 Å². The molecular formula is C16H30N2. The number of allylic oxidation sites excluding steroid dienone is 2. The summed E-state index contributed by atoms with van der Waals surface area (Å²) in [5.41, 5.74) is 1.59. The molecule has 0 radical (unpaired) electrons. The molecule has 1 aliphatic heterocycles. The number of nitrogens with zero attached hydrogens (tertiary/aromatic N) is 1. The molecule has 0 spiro atoms. The molecule has 1 saturated heterocycles. The van der Waals surface area contributed by atoms with Crippen molar-refractivity contribution in [2.24, 2.45) is 11.8 Å². The topological polar surface area (TPSA) is 15.3 Å². The second kappa shape index (κ2) is 6.72. The third-order valence-corrected chi connectivity index (χ3v) is 4.60. The van der Waals surface area contributed by atoms with Gasteiger partial charge in [-0.3, -0.25) is 4.90 Å². The summed E-state index contributed by atoms with van der Waals surface area (Å²) in [5.74, 6) is 1.64. The fourth-order valence-electron chi connectivity index (χ4n) is 3.84. The average molecular weight is 250 g/mol. The van der Waals surface area contributed by atoms with Gasteiger partial charge in [-0.25, -0.2) is 0 Å². The van der Waals surface area contributed by atoms with E-state index in [0.29, 0.717) is 0 Å². The summed E-state index contributed by atoms with van der Waals surface area (Å²) in [6.45, 7) is 11.9. The number of rotatable bonds is 5. The van der Waals surface area contributed by atoms with Gasteiger partial charge in [0.25, 0.3) is 0 Å². The van der Waals surface area contributed by atoms with Gasteiger partial charge in [0.2, 0.25) is 0 Å². The van der Waals surface area contributed by atoms with Gasteiger partial charge in [0.15, 0.2) is 0 Å². The van der Waals surface area contributed by atoms with Gasteiger partial charge in [0.05, 0.1) is 0 Å². The Morgan fingerprint density at radius 3 is 2.94 bits per heavy atom. The van der Waals surface area contributed by atoms with E-state index in [0.717, 1.165) is 17.9 Å². The van der Waals surface area contributed by atoms with E-state index in [4.69, 9.17) is 0 Å². The van der Waals surface area contributed by atoms with E-state index in [9.17, 15) is 0 Å². The molecule has 2 nitrogen and oxygen atoms in total. The Kier molecular flexibility index (Phi) is 5.25. The molecule has 1 N–H and O–H groups in total. The zero-order valence-corrected chi connectivity index (χ0v) is 12.4. The van der Waals surface area contributed by atoms with Crippen molar-refractivity contribution < 1.29 is 0 Å². The third-order valence-electron chi connectivity index (χ3n) is 4.60. The van der Waals surface area contributed by atoms with Gasteiger partial charge in [-0.05, 0) is 64.1 Å². The molecule has 104 valence electrons. The molecule has 1 fully saturated rings. The van der Waals surface area contributed by atoms with Crippen molar-refractivity contribution in [3.05, 3.63) is 11.6 Å². The fourth-order valence-corrected chi connectivity index (χ4v) is 3.84. The minimum Gasteiger partial charge on any atom is -0.315 e. The van der Waals surface area contributed by atoms with Gasteiger partial charge >= 0.3 is 0 Å². The van der Waals surface area contributed by atoms with Crippen LogP contribution in [0.3, 0.4) is 0 Å². The number of likely N-dealkylation sites (N-methyl/N-ethyl adjacent to an activating group) is 1. The van der Waals surface area contributed by atoms with Gasteiger partial charge in [-0.1, -0.05) is 25.5 Å². The maximum Gasteiger partial charge on any atom is 0.0220 e. The zero-order valence-electron chi connectivity index (χ0n) is 12.4. The standard InChI is InChI=1S/C16H30N2/c1-4-18-7-5-6-16(18)12-17-11-15-9-13(2)8-14(3)10-15/h8,13,15-17H,4-7,9-12H2,1-3H3. The van der Waals surface area contributed by atoms with E-state index in [1.807, 2.05) is 0 Å². The van der Waals surface area contributed by atoms with Crippen LogP contribution in [0.5, 0.6) is 0 Å². The van der Waals surface area contributed by atoms with Crippen molar-refractivity contribution in [3.8, 4) is 0 Å².